The van der Waals surface area contributed by atoms with Crippen LogP contribution >= 0.6 is 11.6 Å². The van der Waals surface area contributed by atoms with Crippen LogP contribution in [-0.4, -0.2) is 10.2 Å². The van der Waals surface area contributed by atoms with E-state index in [2.05, 4.69) is 10.2 Å². The van der Waals surface area contributed by atoms with Crippen molar-refractivity contribution in [2.75, 3.05) is 5.73 Å². The highest BCUT2D eigenvalue weighted by molar-refractivity contribution is 6.53. The van der Waals surface area contributed by atoms with Crippen molar-refractivity contribution in [3.05, 3.63) is 47.2 Å². The van der Waals surface area contributed by atoms with E-state index in [1.807, 2.05) is 30.3 Å². The van der Waals surface area contributed by atoms with Crippen LogP contribution in [0, 0.1) is 0 Å². The minimum absolute atomic E-state index is 0.408. The third-order valence-electron chi connectivity index (χ3n) is 3.35. The summed E-state index contributed by atoms with van der Waals surface area (Å²) in [6, 6.07) is 9.63. The molecule has 0 atom stereocenters. The molecule has 0 aliphatic heterocycles. The molecule has 1 aromatic heterocycles. The number of nitrogen functional groups attached to an aromatic ring is 1. The topological polar surface area (TPSA) is 80.7 Å². The van der Waals surface area contributed by atoms with Crippen molar-refractivity contribution >= 4 is 28.1 Å². The summed E-state index contributed by atoms with van der Waals surface area (Å²) >= 11 is 6.43. The number of benzene rings is 1. The second-order valence-corrected chi connectivity index (χ2v) is 5.14. The van der Waals surface area contributed by atoms with Crippen LogP contribution in [-0.2, 0) is 0 Å². The molecule has 3 rings (SSSR count). The minimum Gasteiger partial charge on any atom is -0.397 e. The molecule has 4 nitrogen and oxygen atoms in total. The molecule has 0 bridgehead atoms. The maximum atomic E-state index is 6.43. The van der Waals surface area contributed by atoms with Crippen molar-refractivity contribution in [1.82, 2.24) is 10.2 Å². The molecule has 1 aliphatic rings. The first kappa shape index (κ1) is 12.1. The molecule has 1 saturated carbocycles. The number of aromatic nitrogens is 2. The van der Waals surface area contributed by atoms with E-state index in [0.717, 1.165) is 29.7 Å². The number of H-pyrrole nitrogens is 1. The summed E-state index contributed by atoms with van der Waals surface area (Å²) in [4.78, 5) is 0. The molecule has 0 amide bonds. The monoisotopic (exact) mass is 274 g/mol. The van der Waals surface area contributed by atoms with Gasteiger partial charge in [0.1, 0.15) is 0 Å². The smallest absolute Gasteiger partial charge is 0.154 e. The number of hydrogen-bond acceptors (Lipinski definition) is 3. The van der Waals surface area contributed by atoms with Crippen LogP contribution in [0.25, 0.3) is 10.7 Å². The van der Waals surface area contributed by atoms with Gasteiger partial charge in [-0.3, -0.25) is 5.10 Å². The van der Waals surface area contributed by atoms with Crippen molar-refractivity contribution in [2.24, 2.45) is 5.73 Å². The Bertz CT molecular complexity index is 626. The number of nitrogens with two attached hydrogens (primary N) is 2. The standard InChI is InChI=1S/C14H15ClN4/c15-11(12(16)8-4-2-1-3-5-8)10-13(9-6-7-9)18-19-14(10)17/h1-5,9H,6-7,16H2,(H3,17,18,19)/b12-11+. The maximum Gasteiger partial charge on any atom is 0.154 e. The van der Waals surface area contributed by atoms with E-state index >= 15 is 0 Å². The highest BCUT2D eigenvalue weighted by Gasteiger charge is 2.30. The molecule has 0 saturated heterocycles. The number of halogens is 1. The van der Waals surface area contributed by atoms with Crippen LogP contribution in [0.15, 0.2) is 30.3 Å². The van der Waals surface area contributed by atoms with Gasteiger partial charge in [0.25, 0.3) is 0 Å². The lowest BCUT2D eigenvalue weighted by atomic mass is 10.1. The zero-order chi connectivity index (χ0) is 13.4. The fourth-order valence-corrected chi connectivity index (χ4v) is 2.46. The molecule has 5 heteroatoms. The summed E-state index contributed by atoms with van der Waals surface area (Å²) in [6.45, 7) is 0. The molecule has 0 radical (unpaired) electrons. The molecule has 0 unspecified atom stereocenters. The number of anilines is 1. The Morgan fingerprint density at radius 1 is 1.26 bits per heavy atom. The van der Waals surface area contributed by atoms with Gasteiger partial charge in [-0.2, -0.15) is 5.10 Å². The third kappa shape index (κ3) is 2.19. The molecule has 98 valence electrons. The van der Waals surface area contributed by atoms with Crippen LogP contribution in [0.5, 0.6) is 0 Å². The Morgan fingerprint density at radius 3 is 2.58 bits per heavy atom. The second-order valence-electron chi connectivity index (χ2n) is 4.77. The second kappa shape index (κ2) is 4.63. The van der Waals surface area contributed by atoms with Gasteiger partial charge < -0.3 is 11.5 Å². The van der Waals surface area contributed by atoms with Gasteiger partial charge >= 0.3 is 0 Å². The molecule has 1 aromatic carbocycles. The number of rotatable bonds is 3. The molecule has 1 aliphatic carbocycles. The predicted molar refractivity (Wildman–Crippen MR) is 78.3 cm³/mol. The summed E-state index contributed by atoms with van der Waals surface area (Å²) in [5.41, 5.74) is 15.2. The highest BCUT2D eigenvalue weighted by Crippen LogP contribution is 2.45. The maximum absolute atomic E-state index is 6.43. The lowest BCUT2D eigenvalue weighted by Gasteiger charge is -2.07. The lowest BCUT2D eigenvalue weighted by molar-refractivity contribution is 0.965. The van der Waals surface area contributed by atoms with Crippen molar-refractivity contribution in [3.8, 4) is 0 Å². The van der Waals surface area contributed by atoms with Gasteiger partial charge in [-0.25, -0.2) is 0 Å². The summed E-state index contributed by atoms with van der Waals surface area (Å²) in [5, 5.41) is 7.50. The number of nitrogens with zero attached hydrogens (tertiary/aromatic N) is 1. The first-order valence-corrected chi connectivity index (χ1v) is 6.61. The Morgan fingerprint density at radius 2 is 1.95 bits per heavy atom. The Labute approximate surface area is 116 Å². The molecular formula is C14H15ClN4. The molecule has 1 fully saturated rings. The van der Waals surface area contributed by atoms with Crippen molar-refractivity contribution < 1.29 is 0 Å². The number of aromatic amines is 1. The fourth-order valence-electron chi connectivity index (χ4n) is 2.15. The fraction of sp³-hybridized carbons (Fsp3) is 0.214. The summed E-state index contributed by atoms with van der Waals surface area (Å²) in [5.74, 6) is 0.892. The van der Waals surface area contributed by atoms with E-state index in [-0.39, 0.29) is 0 Å². The molecular weight excluding hydrogens is 260 g/mol. The Balaban J connectivity index is 2.08. The summed E-state index contributed by atoms with van der Waals surface area (Å²) in [6.07, 6.45) is 2.29. The molecule has 5 N–H and O–H groups in total. The van der Waals surface area contributed by atoms with Gasteiger partial charge in [0.15, 0.2) is 5.82 Å². The molecule has 0 spiro atoms. The van der Waals surface area contributed by atoms with Gasteiger partial charge in [0, 0.05) is 11.6 Å². The van der Waals surface area contributed by atoms with E-state index < -0.39 is 0 Å². The number of nitrogens with one attached hydrogen (secondary N) is 1. The van der Waals surface area contributed by atoms with E-state index in [0.29, 0.717) is 22.5 Å². The summed E-state index contributed by atoms with van der Waals surface area (Å²) < 4.78 is 0. The normalized spacial score (nSPS) is 16.3. The molecule has 1 heterocycles. The van der Waals surface area contributed by atoms with E-state index in [4.69, 9.17) is 23.1 Å². The predicted octanol–water partition coefficient (Wildman–Crippen LogP) is 2.89. The van der Waals surface area contributed by atoms with Gasteiger partial charge in [-0.1, -0.05) is 41.9 Å². The first-order chi connectivity index (χ1) is 9.18. The van der Waals surface area contributed by atoms with Gasteiger partial charge in [0.2, 0.25) is 0 Å². The molecule has 19 heavy (non-hydrogen) atoms. The van der Waals surface area contributed by atoms with E-state index in [1.54, 1.807) is 0 Å². The van der Waals surface area contributed by atoms with Crippen molar-refractivity contribution in [2.45, 2.75) is 18.8 Å². The Hall–Kier alpha value is -1.94. The van der Waals surface area contributed by atoms with E-state index in [1.165, 1.54) is 0 Å². The average Bonchev–Trinajstić information content (AvgIpc) is 3.21. The van der Waals surface area contributed by atoms with Crippen LogP contribution in [0.2, 0.25) is 0 Å². The molecule has 2 aromatic rings. The van der Waals surface area contributed by atoms with Gasteiger partial charge in [-0.15, -0.1) is 0 Å². The first-order valence-electron chi connectivity index (χ1n) is 6.23. The van der Waals surface area contributed by atoms with Crippen LogP contribution in [0.4, 0.5) is 5.82 Å². The summed E-state index contributed by atoms with van der Waals surface area (Å²) in [7, 11) is 0. The van der Waals surface area contributed by atoms with Gasteiger partial charge in [-0.05, 0) is 18.4 Å². The van der Waals surface area contributed by atoms with Crippen LogP contribution in [0.3, 0.4) is 0 Å². The van der Waals surface area contributed by atoms with Gasteiger partial charge in [0.05, 0.1) is 16.3 Å². The SMILES string of the molecule is N/C(=C(/Cl)c1c(N)n[nH]c1C1CC1)c1ccccc1. The zero-order valence-corrected chi connectivity index (χ0v) is 11.1. The lowest BCUT2D eigenvalue weighted by Crippen LogP contribution is -2.01. The van der Waals surface area contributed by atoms with E-state index in [9.17, 15) is 0 Å². The minimum atomic E-state index is 0.408. The highest BCUT2D eigenvalue weighted by atomic mass is 35.5. The quantitative estimate of drug-likeness (QED) is 0.805. The third-order valence-corrected chi connectivity index (χ3v) is 3.74. The largest absolute Gasteiger partial charge is 0.397 e. The van der Waals surface area contributed by atoms with Crippen LogP contribution in [0.1, 0.15) is 35.6 Å². The van der Waals surface area contributed by atoms with Crippen molar-refractivity contribution in [1.29, 1.82) is 0 Å². The zero-order valence-electron chi connectivity index (χ0n) is 10.4. The average molecular weight is 275 g/mol. The number of hydrogen-bond donors (Lipinski definition) is 3. The Kier molecular flexibility index (Phi) is 2.95. The van der Waals surface area contributed by atoms with Crippen molar-refractivity contribution in [3.63, 3.8) is 0 Å². The van der Waals surface area contributed by atoms with Crippen LogP contribution < -0.4 is 11.5 Å².